The first kappa shape index (κ1) is 26.7. The molecular weight excluding hydrogens is 412 g/mol. The highest BCUT2D eigenvalue weighted by Gasteiger charge is 2.31. The molecule has 0 spiro atoms. The van der Waals surface area contributed by atoms with Gasteiger partial charge in [0.15, 0.2) is 0 Å². The van der Waals surface area contributed by atoms with Crippen LogP contribution in [0.4, 0.5) is 0 Å². The molecule has 4 atom stereocenters. The molecule has 0 aromatic heterocycles. The molecule has 3 amide bonds. The van der Waals surface area contributed by atoms with Gasteiger partial charge in [-0.15, -0.1) is 0 Å². The number of rotatable bonds is 14. The van der Waals surface area contributed by atoms with E-state index in [0.717, 1.165) is 0 Å². The molecule has 0 bridgehead atoms. The number of hydrogen-bond donors (Lipinski definition) is 9. The van der Waals surface area contributed by atoms with Crippen molar-refractivity contribution in [2.24, 2.45) is 5.73 Å². The Hall–Kier alpha value is -3.30. The van der Waals surface area contributed by atoms with E-state index in [1.807, 2.05) is 10.6 Å². The Morgan fingerprint density at radius 2 is 1.20 bits per heavy atom. The third kappa shape index (κ3) is 9.76. The zero-order chi connectivity index (χ0) is 23.4. The Labute approximate surface area is 169 Å². The highest BCUT2D eigenvalue weighted by atomic mass is 16.4. The minimum absolute atomic E-state index is 0.505. The van der Waals surface area contributed by atoms with Crippen LogP contribution in [0, 0.1) is 0 Å². The summed E-state index contributed by atoms with van der Waals surface area (Å²) in [5, 5.41) is 50.5. The van der Waals surface area contributed by atoms with Gasteiger partial charge in [-0.3, -0.25) is 24.0 Å². The monoisotopic (exact) mass is 436 g/mol. The highest BCUT2D eigenvalue weighted by Crippen LogP contribution is 2.02. The van der Waals surface area contributed by atoms with Crippen molar-refractivity contribution < 1.29 is 54.3 Å². The molecule has 0 saturated carbocycles. The Morgan fingerprint density at radius 3 is 1.63 bits per heavy atom. The Balaban J connectivity index is 5.34. The van der Waals surface area contributed by atoms with E-state index in [-0.39, 0.29) is 0 Å². The second-order valence-corrected chi connectivity index (χ2v) is 6.02. The first-order chi connectivity index (χ1) is 13.9. The van der Waals surface area contributed by atoms with Crippen LogP contribution in [0.1, 0.15) is 19.3 Å². The number of carbonyl (C=O) groups excluding carboxylic acids is 3. The largest absolute Gasteiger partial charge is 0.481 e. The maximum absolute atomic E-state index is 12.3. The zero-order valence-corrected chi connectivity index (χ0v) is 15.6. The molecule has 0 saturated heterocycles. The second-order valence-electron chi connectivity index (χ2n) is 6.02. The Bertz CT molecular complexity index is 669. The Kier molecular flexibility index (Phi) is 11.6. The topological polar surface area (TPSA) is 266 Å². The molecule has 0 fully saturated rings. The third-order valence-electron chi connectivity index (χ3n) is 3.62. The van der Waals surface area contributed by atoms with Gasteiger partial charge in [0.2, 0.25) is 17.7 Å². The normalized spacial score (nSPS) is 14.5. The molecule has 0 heterocycles. The second kappa shape index (κ2) is 13.0. The molecule has 0 aliphatic heterocycles. The molecule has 0 aliphatic carbocycles. The summed E-state index contributed by atoms with van der Waals surface area (Å²) in [4.78, 5) is 68.8. The van der Waals surface area contributed by atoms with Crippen LogP contribution in [0.15, 0.2) is 0 Å². The molecule has 0 radical (unpaired) electrons. The van der Waals surface area contributed by atoms with Crippen molar-refractivity contribution in [3.05, 3.63) is 0 Å². The average Bonchev–Trinajstić information content (AvgIpc) is 2.66. The first-order valence-corrected chi connectivity index (χ1v) is 8.47. The van der Waals surface area contributed by atoms with Crippen LogP contribution in [0.3, 0.4) is 0 Å². The van der Waals surface area contributed by atoms with E-state index in [0.29, 0.717) is 0 Å². The number of aliphatic hydroxyl groups is 2. The smallest absolute Gasteiger partial charge is 0.326 e. The number of nitrogens with one attached hydrogen (secondary N) is 3. The van der Waals surface area contributed by atoms with Crippen LogP contribution < -0.4 is 21.7 Å². The fourth-order valence-corrected chi connectivity index (χ4v) is 2.01. The standard InChI is InChI=1S/C15H24N4O11/c16-6(4-20)12(26)19-9(5-21)14(28)17-7(1-2-10(22)23)13(27)18-8(15(29)30)3-11(24)25/h6-9,20-21H,1-5,16H2,(H,17,28)(H,18,27)(H,19,26)(H,22,23)(H,24,25)(H,29,30). The quantitative estimate of drug-likeness (QED) is 0.124. The summed E-state index contributed by atoms with van der Waals surface area (Å²) in [6.07, 6.45) is -2.11. The lowest BCUT2D eigenvalue weighted by Gasteiger charge is -2.23. The number of hydrogen-bond acceptors (Lipinski definition) is 9. The SMILES string of the molecule is NC(CO)C(=O)NC(CO)C(=O)NC(CCC(=O)O)C(=O)NC(CC(=O)O)C(=O)O. The molecule has 0 aliphatic rings. The highest BCUT2D eigenvalue weighted by molar-refractivity contribution is 5.94. The summed E-state index contributed by atoms with van der Waals surface area (Å²) in [6, 6.07) is -6.49. The van der Waals surface area contributed by atoms with Gasteiger partial charge in [0.1, 0.15) is 24.2 Å². The number of aliphatic carboxylic acids is 3. The summed E-state index contributed by atoms with van der Waals surface area (Å²) in [5.41, 5.74) is 5.26. The van der Waals surface area contributed by atoms with Crippen molar-refractivity contribution in [2.75, 3.05) is 13.2 Å². The maximum atomic E-state index is 12.3. The van der Waals surface area contributed by atoms with Crippen molar-refractivity contribution in [2.45, 2.75) is 43.4 Å². The van der Waals surface area contributed by atoms with Crippen molar-refractivity contribution in [1.82, 2.24) is 16.0 Å². The van der Waals surface area contributed by atoms with E-state index in [9.17, 15) is 33.9 Å². The van der Waals surface area contributed by atoms with Crippen LogP contribution in [0.25, 0.3) is 0 Å². The molecule has 10 N–H and O–H groups in total. The van der Waals surface area contributed by atoms with E-state index >= 15 is 0 Å². The number of carboxylic acids is 3. The predicted octanol–water partition coefficient (Wildman–Crippen LogP) is -4.82. The number of carbonyl (C=O) groups is 6. The summed E-state index contributed by atoms with van der Waals surface area (Å²) < 4.78 is 0. The van der Waals surface area contributed by atoms with Crippen LogP contribution in [0.5, 0.6) is 0 Å². The van der Waals surface area contributed by atoms with Crippen molar-refractivity contribution in [1.29, 1.82) is 0 Å². The van der Waals surface area contributed by atoms with Gasteiger partial charge in [-0.05, 0) is 6.42 Å². The molecule has 30 heavy (non-hydrogen) atoms. The van der Waals surface area contributed by atoms with Gasteiger partial charge in [-0.25, -0.2) is 4.79 Å². The maximum Gasteiger partial charge on any atom is 0.326 e. The van der Waals surface area contributed by atoms with E-state index in [2.05, 4.69) is 5.32 Å². The molecule has 170 valence electrons. The van der Waals surface area contributed by atoms with Crippen molar-refractivity contribution in [3.63, 3.8) is 0 Å². The lowest BCUT2D eigenvalue weighted by Crippen LogP contribution is -2.58. The minimum Gasteiger partial charge on any atom is -0.481 e. The average molecular weight is 436 g/mol. The minimum atomic E-state index is -1.85. The predicted molar refractivity (Wildman–Crippen MR) is 94.7 cm³/mol. The third-order valence-corrected chi connectivity index (χ3v) is 3.62. The molecule has 4 unspecified atom stereocenters. The van der Waals surface area contributed by atoms with Crippen molar-refractivity contribution >= 4 is 35.6 Å². The zero-order valence-electron chi connectivity index (χ0n) is 15.6. The lowest BCUT2D eigenvalue weighted by atomic mass is 10.1. The first-order valence-electron chi connectivity index (χ1n) is 8.47. The van der Waals surface area contributed by atoms with Gasteiger partial charge in [-0.1, -0.05) is 0 Å². The van der Waals surface area contributed by atoms with Gasteiger partial charge in [0.25, 0.3) is 0 Å². The van der Waals surface area contributed by atoms with Crippen LogP contribution in [0.2, 0.25) is 0 Å². The molecule has 15 heteroatoms. The van der Waals surface area contributed by atoms with Gasteiger partial charge in [0, 0.05) is 6.42 Å². The van der Waals surface area contributed by atoms with Gasteiger partial charge in [-0.2, -0.15) is 0 Å². The number of nitrogens with two attached hydrogens (primary N) is 1. The van der Waals surface area contributed by atoms with Gasteiger partial charge < -0.3 is 47.2 Å². The fourth-order valence-electron chi connectivity index (χ4n) is 2.01. The van der Waals surface area contributed by atoms with E-state index in [1.165, 1.54) is 0 Å². The van der Waals surface area contributed by atoms with Gasteiger partial charge in [0.05, 0.1) is 19.6 Å². The summed E-state index contributed by atoms with van der Waals surface area (Å²) in [6.45, 7) is -1.70. The number of amides is 3. The van der Waals surface area contributed by atoms with Crippen LogP contribution in [-0.2, 0) is 28.8 Å². The lowest BCUT2D eigenvalue weighted by molar-refractivity contribution is -0.147. The molecule has 0 rings (SSSR count). The summed E-state index contributed by atoms with van der Waals surface area (Å²) >= 11 is 0. The van der Waals surface area contributed by atoms with Gasteiger partial charge >= 0.3 is 17.9 Å². The number of aliphatic hydroxyl groups excluding tert-OH is 2. The Morgan fingerprint density at radius 1 is 0.700 bits per heavy atom. The fraction of sp³-hybridized carbons (Fsp3) is 0.600. The van der Waals surface area contributed by atoms with Crippen molar-refractivity contribution in [3.8, 4) is 0 Å². The summed E-state index contributed by atoms with van der Waals surface area (Å²) in [5.74, 6) is -7.86. The molecule has 0 aromatic carbocycles. The summed E-state index contributed by atoms with van der Waals surface area (Å²) in [7, 11) is 0. The van der Waals surface area contributed by atoms with E-state index in [4.69, 9.17) is 26.2 Å². The van der Waals surface area contributed by atoms with Crippen LogP contribution in [-0.4, -0.2) is 98.5 Å². The molecular formula is C15H24N4O11. The molecule has 15 nitrogen and oxygen atoms in total. The molecule has 0 aromatic rings. The van der Waals surface area contributed by atoms with E-state index < -0.39 is 92.3 Å². The van der Waals surface area contributed by atoms with Crippen LogP contribution >= 0.6 is 0 Å². The van der Waals surface area contributed by atoms with E-state index in [1.54, 1.807) is 0 Å². The number of carboxylic acid groups (broad SMARTS) is 3.